The zero-order valence-electron chi connectivity index (χ0n) is 52.0. The molecular weight excluding hydrogens is 1110 g/mol. The molecule has 0 spiro atoms. The van der Waals surface area contributed by atoms with E-state index in [1.54, 1.807) is 38.1 Å². The van der Waals surface area contributed by atoms with E-state index < -0.39 is 24.9 Å². The Balaban J connectivity index is 0.882. The van der Waals surface area contributed by atoms with E-state index in [0.29, 0.717) is 66.2 Å². The zero-order valence-corrected chi connectivity index (χ0v) is 52.0. The summed E-state index contributed by atoms with van der Waals surface area (Å²) in [6.07, 6.45) is 25.0. The second-order valence-corrected chi connectivity index (χ2v) is 24.8. The number of allylic oxidation sites excluding steroid dienone is 3. The predicted octanol–water partition coefficient (Wildman–Crippen LogP) is 19.1. The predicted molar refractivity (Wildman–Crippen MR) is 356 cm³/mol. The third kappa shape index (κ3) is 12.3. The Kier molecular flexibility index (Phi) is 18.7. The van der Waals surface area contributed by atoms with Crippen LogP contribution in [-0.4, -0.2) is 58.6 Å². The topological polar surface area (TPSA) is 104 Å². The van der Waals surface area contributed by atoms with E-state index in [-0.39, 0.29) is 31.8 Å². The van der Waals surface area contributed by atoms with Crippen molar-refractivity contribution < 1.29 is 46.5 Å². The molecular formula is C77H81BF2N2O7. The number of carbonyl (C=O) groups is 4. The van der Waals surface area contributed by atoms with E-state index in [0.717, 1.165) is 174 Å². The van der Waals surface area contributed by atoms with Crippen LogP contribution in [0.3, 0.4) is 0 Å². The Morgan fingerprint density at radius 2 is 1.10 bits per heavy atom. The number of benzene rings is 7. The lowest BCUT2D eigenvalue weighted by Crippen LogP contribution is -2.52. The van der Waals surface area contributed by atoms with Gasteiger partial charge in [-0.3, -0.25) is 9.59 Å². The molecule has 0 atom stereocenters. The fraction of sp³-hybridized carbons (Fsp3) is 0.364. The molecule has 0 fully saturated rings. The number of fused-ring (bicyclic) bond motifs is 7. The van der Waals surface area contributed by atoms with Crippen molar-refractivity contribution >= 4 is 91.1 Å². The number of carbonyl (C=O) groups excluding carboxylic acids is 4. The third-order valence-electron chi connectivity index (χ3n) is 19.1. The summed E-state index contributed by atoms with van der Waals surface area (Å²) in [5.41, 5.74) is 10.1. The van der Waals surface area contributed by atoms with Crippen molar-refractivity contribution in [1.82, 2.24) is 4.48 Å². The second kappa shape index (κ2) is 27.2. The van der Waals surface area contributed by atoms with Crippen LogP contribution in [0.15, 0.2) is 144 Å². The van der Waals surface area contributed by atoms with Crippen molar-refractivity contribution in [3.05, 3.63) is 183 Å². The van der Waals surface area contributed by atoms with Crippen molar-refractivity contribution in [2.75, 3.05) is 13.2 Å². The van der Waals surface area contributed by atoms with Crippen molar-refractivity contribution in [3.8, 4) is 16.9 Å². The number of nitrogens with zero attached hydrogens (tertiary/aromatic N) is 2. The van der Waals surface area contributed by atoms with Gasteiger partial charge in [0.25, 0.3) is 0 Å². The number of esters is 3. The van der Waals surface area contributed by atoms with Gasteiger partial charge in [0.15, 0.2) is 17.2 Å². The van der Waals surface area contributed by atoms with Gasteiger partial charge in [0.05, 0.1) is 18.8 Å². The van der Waals surface area contributed by atoms with E-state index in [1.165, 1.54) is 42.7 Å². The van der Waals surface area contributed by atoms with E-state index in [4.69, 9.17) is 14.2 Å². The van der Waals surface area contributed by atoms with E-state index in [2.05, 4.69) is 73.7 Å². The molecule has 4 aliphatic rings. The molecule has 2 aliphatic heterocycles. The lowest BCUT2D eigenvalue weighted by atomic mass is 9.80. The highest BCUT2D eigenvalue weighted by Gasteiger charge is 2.58. The van der Waals surface area contributed by atoms with Crippen LogP contribution < -0.4 is 4.74 Å². The molecule has 3 heterocycles. The van der Waals surface area contributed by atoms with Crippen LogP contribution in [0.4, 0.5) is 8.63 Å². The minimum Gasteiger partial charge on any atom is -0.463 e. The standard InChI is InChI=1S/C77H81BF2N2O7/c1-4-87-70(84)48-46-67-57-28-18-14-10-6-8-12-16-20-30-65(57)76-75(77-66-31-21-17-13-9-7-11-15-19-29-58(66)68(47-49-71(85)88-5-2)82(77)78(79,80)81(67)76)56-43-40-54(50-51(56)3)52-38-41-55(42-39-52)89-72(86)37-25-36-69(83)59-44-45-64-62-33-23-27-53-26-22-32-61(73(53)62)63-35-24-34-60(59)74(63)64/h22-24,26-27,32-35,38-50H,4-21,25,28-31,36-37H2,1-3H3/b48-46+,49-47+. The van der Waals surface area contributed by atoms with Crippen molar-refractivity contribution in [2.45, 2.75) is 168 Å². The molecule has 12 heteroatoms. The van der Waals surface area contributed by atoms with Crippen LogP contribution in [0.2, 0.25) is 0 Å². The number of hydrogen-bond acceptors (Lipinski definition) is 7. The van der Waals surface area contributed by atoms with Gasteiger partial charge in [0.2, 0.25) is 0 Å². The molecule has 458 valence electrons. The molecule has 12 rings (SSSR count). The molecule has 9 nitrogen and oxygen atoms in total. The number of aromatic nitrogens is 1. The van der Waals surface area contributed by atoms with E-state index in [9.17, 15) is 19.2 Å². The SMILES string of the molecule is CCOC(=O)/C=C/C1=[N+]2C(=C(c3ccc(-c4ccc(OC(=O)CCCC(=O)c5ccc6c7cccc8cccc(c9cccc5c96)c87)cc4)cc3C)c3c4c(c(/C=C/C(=O)OCC)n3[B-]2(F)F)CCCCCCCCCC4)C2=C1CCCCCCCCCC2. The van der Waals surface area contributed by atoms with Crippen LogP contribution in [0.1, 0.15) is 193 Å². The van der Waals surface area contributed by atoms with Gasteiger partial charge in [0, 0.05) is 59.2 Å². The molecule has 89 heavy (non-hydrogen) atoms. The summed E-state index contributed by atoms with van der Waals surface area (Å²) >= 11 is 0. The number of halogens is 2. The Morgan fingerprint density at radius 3 is 1.73 bits per heavy atom. The normalized spacial score (nSPS) is 17.1. The number of ether oxygens (including phenoxy) is 3. The molecule has 0 bridgehead atoms. The maximum absolute atomic E-state index is 19.1. The number of hydrogen-bond donors (Lipinski definition) is 0. The van der Waals surface area contributed by atoms with Gasteiger partial charge in [-0.2, -0.15) is 0 Å². The Labute approximate surface area is 521 Å². The monoisotopic (exact) mass is 1190 g/mol. The molecule has 0 saturated heterocycles. The first-order valence-corrected chi connectivity index (χ1v) is 33.1. The molecule has 0 N–H and O–H groups in total. The van der Waals surface area contributed by atoms with Gasteiger partial charge >= 0.3 is 24.9 Å². The van der Waals surface area contributed by atoms with Crippen LogP contribution in [0.5, 0.6) is 5.75 Å². The summed E-state index contributed by atoms with van der Waals surface area (Å²) < 4.78 is 57.5. The van der Waals surface area contributed by atoms with Gasteiger partial charge in [-0.25, -0.2) is 9.59 Å². The summed E-state index contributed by atoms with van der Waals surface area (Å²) in [7, 11) is 0. The average Bonchev–Trinajstić information content (AvgIpc) is 1.57. The molecule has 1 aromatic heterocycles. The van der Waals surface area contributed by atoms with Gasteiger partial charge in [0.1, 0.15) is 5.75 Å². The molecule has 0 saturated carbocycles. The van der Waals surface area contributed by atoms with Crippen LogP contribution in [0, 0.1) is 6.92 Å². The largest absolute Gasteiger partial charge is 0.737 e. The fourth-order valence-corrected chi connectivity index (χ4v) is 15.0. The summed E-state index contributed by atoms with van der Waals surface area (Å²) in [4.78, 5) is 53.9. The van der Waals surface area contributed by atoms with Gasteiger partial charge in [-0.15, -0.1) is 0 Å². The van der Waals surface area contributed by atoms with Crippen molar-refractivity contribution in [3.63, 3.8) is 0 Å². The van der Waals surface area contributed by atoms with Crippen molar-refractivity contribution in [2.24, 2.45) is 0 Å². The molecule has 7 aromatic carbocycles. The number of aryl methyl sites for hydroxylation is 1. The molecule has 8 aromatic rings. The van der Waals surface area contributed by atoms with Gasteiger partial charge < -0.3 is 31.8 Å². The average molecular weight is 1200 g/mol. The lowest BCUT2D eigenvalue weighted by Gasteiger charge is -2.35. The summed E-state index contributed by atoms with van der Waals surface area (Å²) in [5.74, 6) is -1.22. The number of ketones is 1. The maximum Gasteiger partial charge on any atom is 0.737 e. The van der Waals surface area contributed by atoms with Gasteiger partial charge in [-0.1, -0.05) is 174 Å². The maximum atomic E-state index is 19.1. The van der Waals surface area contributed by atoms with Crippen LogP contribution in [-0.2, 0) is 36.7 Å². The smallest absolute Gasteiger partial charge is 0.463 e. The number of Topliss-reactive ketones (excluding diaryl/α,β-unsaturated/α-hetero) is 1. The molecule has 0 unspecified atom stereocenters. The minimum atomic E-state index is -4.66. The van der Waals surface area contributed by atoms with Crippen LogP contribution in [0.25, 0.3) is 65.9 Å². The first kappa shape index (κ1) is 61.0. The molecule has 2 aliphatic carbocycles. The highest BCUT2D eigenvalue weighted by molar-refractivity contribution is 6.59. The highest BCUT2D eigenvalue weighted by Crippen LogP contribution is 2.51. The Hall–Kier alpha value is -8.25. The quantitative estimate of drug-likeness (QED) is 0.0203. The fourth-order valence-electron chi connectivity index (χ4n) is 15.0. The first-order valence-electron chi connectivity index (χ1n) is 33.1. The van der Waals surface area contributed by atoms with E-state index in [1.807, 2.05) is 30.3 Å². The van der Waals surface area contributed by atoms with Crippen LogP contribution >= 0.6 is 0 Å². The number of rotatable bonds is 14. The first-order chi connectivity index (χ1) is 43.5. The Bertz CT molecular complexity index is 4150. The summed E-state index contributed by atoms with van der Waals surface area (Å²) in [6.45, 7) is 1.17. The van der Waals surface area contributed by atoms with E-state index >= 15 is 8.63 Å². The Morgan fingerprint density at radius 1 is 0.562 bits per heavy atom. The third-order valence-corrected chi connectivity index (χ3v) is 19.1. The minimum absolute atomic E-state index is 0.0166. The zero-order chi connectivity index (χ0) is 61.6. The molecule has 0 radical (unpaired) electrons. The second-order valence-electron chi connectivity index (χ2n) is 24.8. The van der Waals surface area contributed by atoms with Crippen molar-refractivity contribution in [1.29, 1.82) is 0 Å². The lowest BCUT2D eigenvalue weighted by molar-refractivity contribution is -0.362. The summed E-state index contributed by atoms with van der Waals surface area (Å²) in [5, 5.41) is 8.98. The highest BCUT2D eigenvalue weighted by atomic mass is 19.2. The van der Waals surface area contributed by atoms with Gasteiger partial charge in [-0.05, 0) is 173 Å². The summed E-state index contributed by atoms with van der Waals surface area (Å²) in [6, 6.07) is 36.6. The molecule has 0 amide bonds.